The highest BCUT2D eigenvalue weighted by atomic mass is 19.4. The number of halogens is 6. The molecule has 0 saturated carbocycles. The van der Waals surface area contributed by atoms with Crippen LogP contribution in [-0.4, -0.2) is 18.4 Å². The lowest BCUT2D eigenvalue weighted by Gasteiger charge is -2.11. The van der Waals surface area contributed by atoms with Gasteiger partial charge in [-0.15, -0.1) is 0 Å². The number of rotatable bonds is 0. The molecule has 0 unspecified atom stereocenters. The van der Waals surface area contributed by atoms with E-state index in [-0.39, 0.29) is 12.3 Å². The molecule has 2 amide bonds. The average molecular weight is 246 g/mol. The smallest absolute Gasteiger partial charge is 0.314 e. The molecular weight excluding hydrogens is 242 g/mol. The quantitative estimate of drug-likeness (QED) is 0.632. The molecule has 1 heterocycles. The highest BCUT2D eigenvalue weighted by Crippen LogP contribution is 2.31. The third-order valence-electron chi connectivity index (χ3n) is 1.54. The van der Waals surface area contributed by atoms with Crippen LogP contribution in [0, 0.1) is 0 Å². The molecular formula is C7H4F6N2O. The van der Waals surface area contributed by atoms with Crippen molar-refractivity contribution in [3.05, 3.63) is 23.5 Å². The maximum absolute atomic E-state index is 12.2. The number of amides is 2. The fraction of sp³-hybridized carbons (Fsp3) is 0.286. The first-order valence-corrected chi connectivity index (χ1v) is 3.74. The SMILES string of the molecule is O=C1NC=C(C(F)(F)F)C=C(C(F)(F)F)N1. The van der Waals surface area contributed by atoms with Gasteiger partial charge in [0.1, 0.15) is 5.70 Å². The predicted molar refractivity (Wildman–Crippen MR) is 39.9 cm³/mol. The van der Waals surface area contributed by atoms with Gasteiger partial charge in [0.2, 0.25) is 0 Å². The van der Waals surface area contributed by atoms with Crippen molar-refractivity contribution in [2.75, 3.05) is 0 Å². The number of hydrogen-bond acceptors (Lipinski definition) is 1. The van der Waals surface area contributed by atoms with E-state index < -0.39 is 29.7 Å². The van der Waals surface area contributed by atoms with Crippen LogP contribution >= 0.6 is 0 Å². The molecule has 9 heteroatoms. The van der Waals surface area contributed by atoms with Gasteiger partial charge >= 0.3 is 18.4 Å². The van der Waals surface area contributed by atoms with Gasteiger partial charge in [0, 0.05) is 6.20 Å². The third kappa shape index (κ3) is 2.91. The van der Waals surface area contributed by atoms with Crippen molar-refractivity contribution in [1.29, 1.82) is 0 Å². The fourth-order valence-corrected chi connectivity index (χ4v) is 0.851. The monoisotopic (exact) mass is 246 g/mol. The summed E-state index contributed by atoms with van der Waals surface area (Å²) in [5, 5.41) is 2.77. The molecule has 0 aromatic rings. The van der Waals surface area contributed by atoms with Crippen molar-refractivity contribution < 1.29 is 31.1 Å². The highest BCUT2D eigenvalue weighted by Gasteiger charge is 2.40. The molecule has 0 fully saturated rings. The molecule has 1 rings (SSSR count). The summed E-state index contributed by atoms with van der Waals surface area (Å²) in [4.78, 5) is 10.6. The van der Waals surface area contributed by atoms with Gasteiger partial charge in [-0.2, -0.15) is 26.3 Å². The van der Waals surface area contributed by atoms with Crippen LogP contribution in [0.25, 0.3) is 0 Å². The van der Waals surface area contributed by atoms with Crippen molar-refractivity contribution in [3.63, 3.8) is 0 Å². The summed E-state index contributed by atoms with van der Waals surface area (Å²) in [6, 6.07) is -1.39. The second-order valence-electron chi connectivity index (χ2n) is 2.75. The maximum atomic E-state index is 12.2. The molecule has 2 N–H and O–H groups in total. The second kappa shape index (κ2) is 3.72. The first kappa shape index (κ1) is 12.4. The van der Waals surface area contributed by atoms with E-state index in [0.29, 0.717) is 0 Å². The number of carbonyl (C=O) groups excluding carboxylic acids is 1. The summed E-state index contributed by atoms with van der Waals surface area (Å²) >= 11 is 0. The van der Waals surface area contributed by atoms with Crippen LogP contribution in [0.2, 0.25) is 0 Å². The van der Waals surface area contributed by atoms with Crippen LogP contribution in [0.4, 0.5) is 31.1 Å². The average Bonchev–Trinajstić information content (AvgIpc) is 2.24. The van der Waals surface area contributed by atoms with Crippen LogP contribution in [0.5, 0.6) is 0 Å². The number of alkyl halides is 6. The largest absolute Gasteiger partial charge is 0.431 e. The van der Waals surface area contributed by atoms with Crippen LogP contribution in [0.1, 0.15) is 0 Å². The topological polar surface area (TPSA) is 41.1 Å². The van der Waals surface area contributed by atoms with E-state index in [1.807, 2.05) is 0 Å². The van der Waals surface area contributed by atoms with Crippen LogP contribution in [-0.2, 0) is 0 Å². The number of allylic oxidation sites excluding steroid dienone is 3. The minimum atomic E-state index is -5.06. The minimum Gasteiger partial charge on any atom is -0.314 e. The summed E-state index contributed by atoms with van der Waals surface area (Å²) in [6.45, 7) is 0. The fourth-order valence-electron chi connectivity index (χ4n) is 0.851. The normalized spacial score (nSPS) is 18.0. The van der Waals surface area contributed by atoms with Crippen molar-refractivity contribution in [2.24, 2.45) is 0 Å². The molecule has 0 radical (unpaired) electrons. The maximum Gasteiger partial charge on any atom is 0.431 e. The Morgan fingerprint density at radius 2 is 1.56 bits per heavy atom. The van der Waals surface area contributed by atoms with Crippen molar-refractivity contribution >= 4 is 6.03 Å². The first-order valence-electron chi connectivity index (χ1n) is 3.74. The molecule has 0 atom stereocenters. The van der Waals surface area contributed by atoms with Gasteiger partial charge in [0.15, 0.2) is 0 Å². The van der Waals surface area contributed by atoms with E-state index in [2.05, 4.69) is 0 Å². The molecule has 0 aromatic carbocycles. The standard InChI is InChI=1S/C7H4F6N2O/c8-6(9,10)3-1-4(7(11,12)13)15-5(16)14-2-3/h1-2H,(H2,14,15,16). The Balaban J connectivity index is 3.15. The minimum absolute atomic E-state index is 0.161. The Morgan fingerprint density at radius 3 is 2.00 bits per heavy atom. The lowest BCUT2D eigenvalue weighted by molar-refractivity contribution is -0.0981. The summed E-state index contributed by atoms with van der Waals surface area (Å²) in [5.41, 5.74) is -3.37. The molecule has 1 aliphatic heterocycles. The Morgan fingerprint density at radius 1 is 1.00 bits per heavy atom. The summed E-state index contributed by atoms with van der Waals surface area (Å²) in [6.07, 6.45) is -10.1. The van der Waals surface area contributed by atoms with Gasteiger partial charge < -0.3 is 10.6 Å². The van der Waals surface area contributed by atoms with Gasteiger partial charge in [-0.05, 0) is 6.08 Å². The van der Waals surface area contributed by atoms with Gasteiger partial charge in [-0.1, -0.05) is 0 Å². The molecule has 16 heavy (non-hydrogen) atoms. The Hall–Kier alpha value is -1.67. The Bertz CT molecular complexity index is 364. The van der Waals surface area contributed by atoms with Crippen LogP contribution in [0.15, 0.2) is 23.5 Å². The zero-order chi connectivity index (χ0) is 12.6. The van der Waals surface area contributed by atoms with Gasteiger partial charge in [-0.3, -0.25) is 0 Å². The van der Waals surface area contributed by atoms with Gasteiger partial charge in [0.05, 0.1) is 5.57 Å². The van der Waals surface area contributed by atoms with Crippen LogP contribution in [0.3, 0.4) is 0 Å². The molecule has 1 aliphatic rings. The van der Waals surface area contributed by atoms with E-state index in [1.165, 1.54) is 10.6 Å². The van der Waals surface area contributed by atoms with E-state index in [1.54, 1.807) is 0 Å². The predicted octanol–water partition coefficient (Wildman–Crippen LogP) is 2.19. The first-order chi connectivity index (χ1) is 7.10. The molecule has 0 spiro atoms. The number of carbonyl (C=O) groups is 1. The van der Waals surface area contributed by atoms with Gasteiger partial charge in [0.25, 0.3) is 0 Å². The molecule has 0 saturated heterocycles. The van der Waals surface area contributed by atoms with Crippen molar-refractivity contribution in [3.8, 4) is 0 Å². The zero-order valence-corrected chi connectivity index (χ0v) is 7.33. The molecule has 3 nitrogen and oxygen atoms in total. The number of urea groups is 1. The molecule has 0 bridgehead atoms. The third-order valence-corrected chi connectivity index (χ3v) is 1.54. The summed E-state index contributed by atoms with van der Waals surface area (Å²) < 4.78 is 72.9. The van der Waals surface area contributed by atoms with E-state index in [9.17, 15) is 31.1 Å². The summed E-state index contributed by atoms with van der Waals surface area (Å²) in [7, 11) is 0. The Kier molecular flexibility index (Phi) is 2.89. The highest BCUT2D eigenvalue weighted by molar-refractivity contribution is 5.78. The lowest BCUT2D eigenvalue weighted by Crippen LogP contribution is -2.35. The Labute approximate surface area is 84.8 Å². The lowest BCUT2D eigenvalue weighted by atomic mass is 10.2. The molecule has 0 aromatic heterocycles. The van der Waals surface area contributed by atoms with E-state index >= 15 is 0 Å². The number of nitrogens with one attached hydrogen (secondary N) is 2. The molecule has 90 valence electrons. The van der Waals surface area contributed by atoms with Gasteiger partial charge in [-0.25, -0.2) is 4.79 Å². The van der Waals surface area contributed by atoms with E-state index in [4.69, 9.17) is 0 Å². The van der Waals surface area contributed by atoms with Crippen molar-refractivity contribution in [1.82, 2.24) is 10.6 Å². The second-order valence-corrected chi connectivity index (χ2v) is 2.75. The number of hydrogen-bond donors (Lipinski definition) is 2. The molecule has 0 aliphatic carbocycles. The zero-order valence-electron chi connectivity index (χ0n) is 7.33. The van der Waals surface area contributed by atoms with Crippen LogP contribution < -0.4 is 10.6 Å². The van der Waals surface area contributed by atoms with Crippen molar-refractivity contribution in [2.45, 2.75) is 12.4 Å². The summed E-state index contributed by atoms with van der Waals surface area (Å²) in [5.74, 6) is 0. The van der Waals surface area contributed by atoms with E-state index in [0.717, 1.165) is 0 Å².